The van der Waals surface area contributed by atoms with Gasteiger partial charge in [0.25, 0.3) is 5.56 Å². The van der Waals surface area contributed by atoms with Crippen molar-refractivity contribution in [2.45, 2.75) is 6.54 Å². The van der Waals surface area contributed by atoms with Crippen molar-refractivity contribution in [1.29, 1.82) is 0 Å². The van der Waals surface area contributed by atoms with E-state index >= 15 is 0 Å². The smallest absolute Gasteiger partial charge is 0.300 e. The van der Waals surface area contributed by atoms with Gasteiger partial charge in [-0.3, -0.25) is 19.3 Å². The molecular weight excluding hydrogens is 184 g/mol. The summed E-state index contributed by atoms with van der Waals surface area (Å²) in [4.78, 5) is 31.0. The minimum absolute atomic E-state index is 0.134. The van der Waals surface area contributed by atoms with Gasteiger partial charge < -0.3 is 0 Å². The molecule has 6 heteroatoms. The molecule has 0 aliphatic rings. The van der Waals surface area contributed by atoms with Gasteiger partial charge in [-0.15, -0.1) is 6.42 Å². The second kappa shape index (κ2) is 2.88. The maximum Gasteiger partial charge on any atom is 0.325 e. The number of H-pyrrole nitrogens is 2. The fraction of sp³-hybridized carbons (Fsp3) is 0.125. The Hall–Kier alpha value is -2.29. The van der Waals surface area contributed by atoms with Gasteiger partial charge in [0.2, 0.25) is 0 Å². The van der Waals surface area contributed by atoms with Gasteiger partial charge >= 0.3 is 5.69 Å². The number of fused-ring (bicyclic) bond motifs is 1. The first kappa shape index (κ1) is 8.31. The average molecular weight is 190 g/mol. The quantitative estimate of drug-likeness (QED) is 0.568. The van der Waals surface area contributed by atoms with Gasteiger partial charge in [0.1, 0.15) is 6.33 Å². The summed E-state index contributed by atoms with van der Waals surface area (Å²) in [5, 5.41) is 0. The summed E-state index contributed by atoms with van der Waals surface area (Å²) in [5.74, 6) is 2.32. The van der Waals surface area contributed by atoms with Crippen LogP contribution < -0.4 is 11.2 Å². The molecule has 0 spiro atoms. The van der Waals surface area contributed by atoms with Crippen LogP contribution in [0, 0.1) is 12.3 Å². The summed E-state index contributed by atoms with van der Waals surface area (Å²) in [6, 6.07) is 0. The highest BCUT2D eigenvalue weighted by molar-refractivity contribution is 5.67. The van der Waals surface area contributed by atoms with E-state index in [-0.39, 0.29) is 23.3 Å². The van der Waals surface area contributed by atoms with E-state index in [0.29, 0.717) is 0 Å². The van der Waals surface area contributed by atoms with Crippen molar-refractivity contribution in [3.63, 3.8) is 0 Å². The van der Waals surface area contributed by atoms with Crippen molar-refractivity contribution in [3.8, 4) is 12.3 Å². The second-order valence-electron chi connectivity index (χ2n) is 2.68. The van der Waals surface area contributed by atoms with Crippen LogP contribution in [0.4, 0.5) is 0 Å². The molecule has 2 aromatic rings. The normalized spacial score (nSPS) is 10.2. The van der Waals surface area contributed by atoms with Crippen LogP contribution >= 0.6 is 0 Å². The van der Waals surface area contributed by atoms with Crippen molar-refractivity contribution in [3.05, 3.63) is 27.2 Å². The third-order valence-corrected chi connectivity index (χ3v) is 1.77. The van der Waals surface area contributed by atoms with Gasteiger partial charge in [-0.25, -0.2) is 9.78 Å². The van der Waals surface area contributed by atoms with E-state index in [9.17, 15) is 9.59 Å². The zero-order valence-electron chi connectivity index (χ0n) is 7.07. The van der Waals surface area contributed by atoms with Gasteiger partial charge in [0.15, 0.2) is 11.2 Å². The zero-order chi connectivity index (χ0) is 10.1. The molecule has 6 nitrogen and oxygen atoms in total. The minimum atomic E-state index is -0.456. The Bertz CT molecular complexity index is 625. The first-order valence-electron chi connectivity index (χ1n) is 3.83. The van der Waals surface area contributed by atoms with Crippen LogP contribution in [0.1, 0.15) is 0 Å². The van der Waals surface area contributed by atoms with Crippen LogP contribution in [-0.2, 0) is 6.54 Å². The molecule has 0 radical (unpaired) electrons. The largest absolute Gasteiger partial charge is 0.325 e. The predicted octanol–water partition coefficient (Wildman–Crippen LogP) is -0.954. The molecule has 0 saturated heterocycles. The molecule has 2 rings (SSSR count). The van der Waals surface area contributed by atoms with Crippen molar-refractivity contribution in [2.75, 3.05) is 0 Å². The van der Waals surface area contributed by atoms with Crippen LogP contribution in [0.2, 0.25) is 0 Å². The Morgan fingerprint density at radius 3 is 3.00 bits per heavy atom. The third kappa shape index (κ3) is 1.11. The van der Waals surface area contributed by atoms with Crippen LogP contribution in [-0.4, -0.2) is 19.5 Å². The van der Waals surface area contributed by atoms with Crippen molar-refractivity contribution < 1.29 is 0 Å². The molecule has 2 aromatic heterocycles. The summed E-state index contributed by atoms with van der Waals surface area (Å²) < 4.78 is 1.24. The summed E-state index contributed by atoms with van der Waals surface area (Å²) in [5.41, 5.74) is -0.421. The van der Waals surface area contributed by atoms with Gasteiger partial charge in [0, 0.05) is 0 Å². The van der Waals surface area contributed by atoms with Crippen LogP contribution in [0.5, 0.6) is 0 Å². The molecule has 0 atom stereocenters. The number of aromatic amines is 2. The highest BCUT2D eigenvalue weighted by Gasteiger charge is 2.05. The van der Waals surface area contributed by atoms with Crippen molar-refractivity contribution in [2.24, 2.45) is 0 Å². The molecule has 0 unspecified atom stereocenters. The number of imidazole rings is 1. The summed E-state index contributed by atoms with van der Waals surface area (Å²) in [6.07, 6.45) is 6.36. The summed E-state index contributed by atoms with van der Waals surface area (Å²) in [6.45, 7) is 0.134. The molecule has 0 aromatic carbocycles. The molecule has 70 valence electrons. The number of nitrogens with zero attached hydrogens (tertiary/aromatic N) is 2. The number of aromatic nitrogens is 4. The number of hydrogen-bond acceptors (Lipinski definition) is 3. The monoisotopic (exact) mass is 190 g/mol. The summed E-state index contributed by atoms with van der Waals surface area (Å²) in [7, 11) is 0. The maximum atomic E-state index is 11.6. The molecule has 0 aliphatic heterocycles. The van der Waals surface area contributed by atoms with Crippen LogP contribution in [0.3, 0.4) is 0 Å². The van der Waals surface area contributed by atoms with Gasteiger partial charge in [0.05, 0.1) is 6.54 Å². The Morgan fingerprint density at radius 2 is 2.29 bits per heavy atom. The molecule has 0 bridgehead atoms. The molecule has 2 heterocycles. The molecule has 14 heavy (non-hydrogen) atoms. The molecule has 0 amide bonds. The number of rotatable bonds is 1. The fourth-order valence-corrected chi connectivity index (χ4v) is 1.16. The van der Waals surface area contributed by atoms with Gasteiger partial charge in [-0.05, 0) is 0 Å². The lowest BCUT2D eigenvalue weighted by Crippen LogP contribution is -2.20. The standard InChI is InChI=1S/C8H6N4O2/c1-2-3-12-4-9-6-5(7(12)13)10-8(14)11-6/h1,4H,3H2,(H2,10,11,14). The topological polar surface area (TPSA) is 83.5 Å². The van der Waals surface area contributed by atoms with Gasteiger partial charge in [-0.1, -0.05) is 5.92 Å². The fourth-order valence-electron chi connectivity index (χ4n) is 1.16. The zero-order valence-corrected chi connectivity index (χ0v) is 7.07. The van der Waals surface area contributed by atoms with E-state index < -0.39 is 5.69 Å². The van der Waals surface area contributed by atoms with Crippen LogP contribution in [0.25, 0.3) is 11.2 Å². The van der Waals surface area contributed by atoms with E-state index in [1.54, 1.807) is 0 Å². The van der Waals surface area contributed by atoms with Crippen molar-refractivity contribution in [1.82, 2.24) is 19.5 Å². The van der Waals surface area contributed by atoms with E-state index in [1.165, 1.54) is 10.9 Å². The lowest BCUT2D eigenvalue weighted by Gasteiger charge is -1.97. The molecular formula is C8H6N4O2. The lowest BCUT2D eigenvalue weighted by atomic mass is 10.5. The maximum absolute atomic E-state index is 11.6. The van der Waals surface area contributed by atoms with E-state index in [2.05, 4.69) is 20.9 Å². The average Bonchev–Trinajstić information content (AvgIpc) is 2.52. The second-order valence-corrected chi connectivity index (χ2v) is 2.68. The molecule has 0 fully saturated rings. The van der Waals surface area contributed by atoms with E-state index in [4.69, 9.17) is 6.42 Å². The highest BCUT2D eigenvalue weighted by atomic mass is 16.1. The first-order chi connectivity index (χ1) is 6.72. The lowest BCUT2D eigenvalue weighted by molar-refractivity contribution is 0.780. The number of hydrogen-bond donors (Lipinski definition) is 2. The first-order valence-corrected chi connectivity index (χ1v) is 3.83. The SMILES string of the molecule is C#CCn1cnc2[nH]c(=O)[nH]c2c1=O. The third-order valence-electron chi connectivity index (χ3n) is 1.77. The van der Waals surface area contributed by atoms with Crippen molar-refractivity contribution >= 4 is 11.2 Å². The molecule has 2 N–H and O–H groups in total. The van der Waals surface area contributed by atoms with E-state index in [0.717, 1.165) is 0 Å². The Morgan fingerprint density at radius 1 is 1.50 bits per heavy atom. The number of nitrogens with one attached hydrogen (secondary N) is 2. The Kier molecular flexibility index (Phi) is 1.71. The Labute approximate surface area is 77.6 Å². The summed E-state index contributed by atoms with van der Waals surface area (Å²) >= 11 is 0. The van der Waals surface area contributed by atoms with Gasteiger partial charge in [-0.2, -0.15) is 0 Å². The predicted molar refractivity (Wildman–Crippen MR) is 49.8 cm³/mol. The van der Waals surface area contributed by atoms with Crippen LogP contribution in [0.15, 0.2) is 15.9 Å². The number of terminal acetylenes is 1. The molecule has 0 aliphatic carbocycles. The minimum Gasteiger partial charge on any atom is -0.300 e. The molecule has 0 saturated carbocycles. The highest BCUT2D eigenvalue weighted by Crippen LogP contribution is 1.94. The Balaban J connectivity index is 2.82. The van der Waals surface area contributed by atoms with E-state index in [1.807, 2.05) is 0 Å².